The van der Waals surface area contributed by atoms with Crippen molar-refractivity contribution in [2.24, 2.45) is 13.0 Å². The van der Waals surface area contributed by atoms with Crippen LogP contribution in [0.25, 0.3) is 0 Å². The molecule has 9 nitrogen and oxygen atoms in total. The Morgan fingerprint density at radius 3 is 2.32 bits per heavy atom. The Morgan fingerprint density at radius 2 is 1.73 bits per heavy atom. The van der Waals surface area contributed by atoms with Crippen molar-refractivity contribution in [2.45, 2.75) is 47.5 Å². The summed E-state index contributed by atoms with van der Waals surface area (Å²) in [5.41, 5.74) is 3.49. The molecule has 0 aliphatic carbocycles. The van der Waals surface area contributed by atoms with Crippen LogP contribution in [0.15, 0.2) is 53.7 Å². The van der Waals surface area contributed by atoms with E-state index in [9.17, 15) is 9.90 Å². The monoisotopic (exact) mass is 585 g/mol. The number of halogens is 3. The molecule has 3 aromatic rings. The third kappa shape index (κ3) is 7.14. The molecule has 4 unspecified atom stereocenters. The van der Waals surface area contributed by atoms with E-state index in [1.807, 2.05) is 48.5 Å². The lowest BCUT2D eigenvalue weighted by Gasteiger charge is -2.41. The van der Waals surface area contributed by atoms with Crippen LogP contribution in [0.4, 0.5) is 0 Å². The number of amides is 1. The van der Waals surface area contributed by atoms with Crippen molar-refractivity contribution in [3.63, 3.8) is 0 Å². The van der Waals surface area contributed by atoms with Crippen molar-refractivity contribution in [3.8, 4) is 0 Å². The van der Waals surface area contributed by atoms with Crippen molar-refractivity contribution in [1.82, 2.24) is 25.5 Å². The molecule has 2 heterocycles. The molecule has 2 aromatic carbocycles. The van der Waals surface area contributed by atoms with Gasteiger partial charge in [-0.1, -0.05) is 102 Å². The molecule has 13 heteroatoms. The second kappa shape index (κ2) is 12.3. The van der Waals surface area contributed by atoms with Gasteiger partial charge in [-0.05, 0) is 27.1 Å². The van der Waals surface area contributed by atoms with Crippen molar-refractivity contribution >= 4 is 52.5 Å². The summed E-state index contributed by atoms with van der Waals surface area (Å²) >= 11 is 18.3. The maximum Gasteiger partial charge on any atom is 0.272 e. The molecule has 4 rings (SSSR count). The first kappa shape index (κ1) is 28.1. The fourth-order valence-electron chi connectivity index (χ4n) is 3.89. The first-order chi connectivity index (χ1) is 17.7. The molecule has 2 N–H and O–H groups in total. The predicted molar refractivity (Wildman–Crippen MR) is 141 cm³/mol. The number of nitrogens with zero attached hydrogens (tertiary/aromatic N) is 4. The highest BCUT2D eigenvalue weighted by atomic mass is 35.6. The molecule has 0 saturated carbocycles. The summed E-state index contributed by atoms with van der Waals surface area (Å²) in [4.78, 5) is 11.8. The lowest BCUT2D eigenvalue weighted by molar-refractivity contribution is -0.268. The smallest absolute Gasteiger partial charge is 0.272 e. The Labute approximate surface area is 233 Å². The summed E-state index contributed by atoms with van der Waals surface area (Å²) in [6.07, 6.45) is -1.02. The Balaban J connectivity index is 1.51. The van der Waals surface area contributed by atoms with Crippen LogP contribution in [-0.4, -0.2) is 46.9 Å². The van der Waals surface area contributed by atoms with Crippen molar-refractivity contribution in [1.29, 1.82) is 0 Å². The molecule has 4 atom stereocenters. The number of aliphatic hydroxyl groups is 1. The van der Waals surface area contributed by atoms with Gasteiger partial charge in [0.05, 0.1) is 18.8 Å². The summed E-state index contributed by atoms with van der Waals surface area (Å²) in [5, 5.41) is 24.4. The number of rotatable bonds is 8. The molecular weight excluding hydrogens is 561 g/mol. The zero-order valence-electron chi connectivity index (χ0n) is 20.1. The number of carbonyl (C=O) groups excluding carboxylic acids is 1. The average molecular weight is 587 g/mol. The van der Waals surface area contributed by atoms with E-state index in [4.69, 9.17) is 44.3 Å². The van der Waals surface area contributed by atoms with E-state index < -0.39 is 16.0 Å². The highest BCUT2D eigenvalue weighted by Crippen LogP contribution is 2.42. The normalized spacial score (nSPS) is 22.1. The second-order valence-corrected chi connectivity index (χ2v) is 11.9. The minimum absolute atomic E-state index is 0.0213. The summed E-state index contributed by atoms with van der Waals surface area (Å²) in [5.74, 6) is -0.0360. The number of aliphatic hydroxyl groups excluding tert-OH is 1. The molecule has 0 radical (unpaired) electrons. The van der Waals surface area contributed by atoms with E-state index in [2.05, 4.69) is 27.8 Å². The van der Waals surface area contributed by atoms with Crippen molar-refractivity contribution in [3.05, 3.63) is 70.8 Å². The number of aryl methyl sites for hydroxylation is 1. The van der Waals surface area contributed by atoms with Gasteiger partial charge in [-0.3, -0.25) is 4.79 Å². The first-order valence-corrected chi connectivity index (χ1v) is 13.6. The van der Waals surface area contributed by atoms with Crippen LogP contribution in [0, 0.1) is 5.92 Å². The Hall–Kier alpha value is -1.92. The van der Waals surface area contributed by atoms with Gasteiger partial charge in [-0.25, -0.2) is 4.68 Å². The fourth-order valence-corrected chi connectivity index (χ4v) is 5.10. The standard InChI is InChI=1S/C24H26Cl3N5O4S/c1-14-19(13-37-23-29-30-31-32(23)2)35-21(36-20(14)17-7-5-16(12-33)6-8-17)18-9-3-15(4-10-18)11-28-22(34)24(25,26)27/h3-10,14,19-21,33H,11-13H2,1-2H3,(H,28,34). The molecule has 1 amide bonds. The van der Waals surface area contributed by atoms with Gasteiger partial charge in [-0.15, -0.1) is 5.10 Å². The van der Waals surface area contributed by atoms with E-state index in [1.165, 1.54) is 11.8 Å². The molecule has 1 fully saturated rings. The summed E-state index contributed by atoms with van der Waals surface area (Å²) < 4.78 is 12.5. The van der Waals surface area contributed by atoms with Crippen molar-refractivity contribution < 1.29 is 19.4 Å². The van der Waals surface area contributed by atoms with E-state index in [-0.39, 0.29) is 31.3 Å². The number of nitrogens with one attached hydrogen (secondary N) is 1. The van der Waals surface area contributed by atoms with E-state index in [0.717, 1.165) is 22.3 Å². The Bertz CT molecular complexity index is 1190. The lowest BCUT2D eigenvalue weighted by atomic mass is 9.91. The lowest BCUT2D eigenvalue weighted by Crippen LogP contribution is -2.38. The number of aromatic nitrogens is 4. The number of ether oxygens (including phenoxy) is 2. The molecule has 1 aromatic heterocycles. The molecule has 1 aliphatic heterocycles. The molecule has 1 aliphatic rings. The zero-order valence-corrected chi connectivity index (χ0v) is 23.1. The molecular formula is C24H26Cl3N5O4S. The SMILES string of the molecule is CC1C(CSc2nnnn2C)OC(c2ccc(CNC(=O)C(Cl)(Cl)Cl)cc2)OC1c1ccc(CO)cc1. The van der Waals surface area contributed by atoms with Gasteiger partial charge < -0.3 is 19.9 Å². The summed E-state index contributed by atoms with van der Waals surface area (Å²) in [6.45, 7) is 2.28. The third-order valence-electron chi connectivity index (χ3n) is 6.04. The van der Waals surface area contributed by atoms with Crippen LogP contribution >= 0.6 is 46.6 Å². The molecule has 0 bridgehead atoms. The predicted octanol–water partition coefficient (Wildman–Crippen LogP) is 4.27. The van der Waals surface area contributed by atoms with Crippen LogP contribution in [0.3, 0.4) is 0 Å². The fraction of sp³-hybridized carbons (Fsp3) is 0.417. The average Bonchev–Trinajstić information content (AvgIpc) is 3.31. The number of hydrogen-bond acceptors (Lipinski definition) is 8. The molecule has 1 saturated heterocycles. The maximum absolute atomic E-state index is 11.8. The number of hydrogen-bond donors (Lipinski definition) is 2. The third-order valence-corrected chi connectivity index (χ3v) is 7.66. The van der Waals surface area contributed by atoms with Crippen LogP contribution in [0.2, 0.25) is 0 Å². The van der Waals surface area contributed by atoms with Gasteiger partial charge in [0.1, 0.15) is 0 Å². The summed E-state index contributed by atoms with van der Waals surface area (Å²) in [6, 6.07) is 15.2. The number of carbonyl (C=O) groups is 1. The highest BCUT2D eigenvalue weighted by Gasteiger charge is 2.38. The van der Waals surface area contributed by atoms with Crippen LogP contribution in [-0.2, 0) is 34.5 Å². The second-order valence-electron chi connectivity index (χ2n) is 8.64. The van der Waals surface area contributed by atoms with Crippen LogP contribution in [0.1, 0.15) is 41.6 Å². The number of alkyl halides is 3. The van der Waals surface area contributed by atoms with E-state index in [0.29, 0.717) is 10.9 Å². The van der Waals surface area contributed by atoms with Gasteiger partial charge in [0, 0.05) is 30.8 Å². The Kier molecular flexibility index (Phi) is 9.33. The summed E-state index contributed by atoms with van der Waals surface area (Å²) in [7, 11) is 1.79. The molecule has 37 heavy (non-hydrogen) atoms. The van der Waals surface area contributed by atoms with Crippen LogP contribution < -0.4 is 5.32 Å². The largest absolute Gasteiger partial charge is 0.392 e. The van der Waals surface area contributed by atoms with Crippen molar-refractivity contribution in [2.75, 3.05) is 5.75 Å². The Morgan fingerprint density at radius 1 is 1.08 bits per heavy atom. The maximum atomic E-state index is 11.8. The number of tetrazole rings is 1. The van der Waals surface area contributed by atoms with Crippen LogP contribution in [0.5, 0.6) is 0 Å². The molecule has 198 valence electrons. The number of benzene rings is 2. The van der Waals surface area contributed by atoms with E-state index in [1.54, 1.807) is 11.7 Å². The number of thioether (sulfide) groups is 1. The zero-order chi connectivity index (χ0) is 26.6. The van der Waals surface area contributed by atoms with Gasteiger partial charge in [0.2, 0.25) is 5.16 Å². The van der Waals surface area contributed by atoms with Gasteiger partial charge in [0.15, 0.2) is 6.29 Å². The topological polar surface area (TPSA) is 111 Å². The quantitative estimate of drug-likeness (QED) is 0.297. The minimum atomic E-state index is -2.01. The molecule has 0 spiro atoms. The highest BCUT2D eigenvalue weighted by molar-refractivity contribution is 7.99. The first-order valence-electron chi connectivity index (χ1n) is 11.5. The minimum Gasteiger partial charge on any atom is -0.392 e. The van der Waals surface area contributed by atoms with Gasteiger partial charge in [-0.2, -0.15) is 0 Å². The van der Waals surface area contributed by atoms with E-state index >= 15 is 0 Å². The van der Waals surface area contributed by atoms with Gasteiger partial charge in [0.25, 0.3) is 9.70 Å². The van der Waals surface area contributed by atoms with Gasteiger partial charge >= 0.3 is 0 Å².